The van der Waals surface area contributed by atoms with Crippen LogP contribution in [0.15, 0.2) is 54.6 Å². The van der Waals surface area contributed by atoms with E-state index in [-0.39, 0.29) is 31.9 Å². The van der Waals surface area contributed by atoms with E-state index in [0.29, 0.717) is 11.5 Å². The molecule has 0 bridgehead atoms. The molecule has 0 unspecified atom stereocenters. The molecule has 0 saturated carbocycles. The van der Waals surface area contributed by atoms with Crippen molar-refractivity contribution in [2.24, 2.45) is 0 Å². The van der Waals surface area contributed by atoms with E-state index in [4.69, 9.17) is 9.47 Å². The van der Waals surface area contributed by atoms with Crippen LogP contribution in [0.25, 0.3) is 0 Å². The molecule has 0 fully saturated rings. The van der Waals surface area contributed by atoms with E-state index >= 15 is 0 Å². The van der Waals surface area contributed by atoms with E-state index in [9.17, 15) is 18.0 Å². The number of halogens is 3. The summed E-state index contributed by atoms with van der Waals surface area (Å²) in [6.07, 6.45) is -5.35. The van der Waals surface area contributed by atoms with Gasteiger partial charge in [-0.2, -0.15) is 13.2 Å². The van der Waals surface area contributed by atoms with Gasteiger partial charge in [0, 0.05) is 13.1 Å². The van der Waals surface area contributed by atoms with Crippen molar-refractivity contribution in [3.05, 3.63) is 60.2 Å². The van der Waals surface area contributed by atoms with Gasteiger partial charge in [0.1, 0.15) is 24.7 Å². The van der Waals surface area contributed by atoms with Gasteiger partial charge in [-0.3, -0.25) is 4.79 Å². The number of carbonyl (C=O) groups excluding carboxylic acids is 1. The molecular formula is C20H22F3NO3. The third-order valence-corrected chi connectivity index (χ3v) is 3.80. The third kappa shape index (κ3) is 6.84. The van der Waals surface area contributed by atoms with Crippen molar-refractivity contribution >= 4 is 5.91 Å². The number of carbonyl (C=O) groups is 1. The molecule has 0 N–H and O–H groups in total. The molecule has 4 nitrogen and oxygen atoms in total. The van der Waals surface area contributed by atoms with Gasteiger partial charge in [0.15, 0.2) is 0 Å². The molecule has 7 heteroatoms. The summed E-state index contributed by atoms with van der Waals surface area (Å²) in [6.45, 7) is 1.92. The Labute approximate surface area is 156 Å². The summed E-state index contributed by atoms with van der Waals surface area (Å²) in [4.78, 5) is 13.8. The van der Waals surface area contributed by atoms with E-state index < -0.39 is 18.5 Å². The van der Waals surface area contributed by atoms with Gasteiger partial charge >= 0.3 is 6.18 Å². The van der Waals surface area contributed by atoms with Crippen molar-refractivity contribution in [2.45, 2.75) is 19.5 Å². The lowest BCUT2D eigenvalue weighted by atomic mass is 10.1. The second kappa shape index (κ2) is 9.85. The van der Waals surface area contributed by atoms with Crippen LogP contribution in [-0.4, -0.2) is 43.3 Å². The SMILES string of the molecule is CCN(CCC(F)(F)F)C(=O)c1ccccc1OCCOc1ccccc1. The minimum absolute atomic E-state index is 0.181. The number of ether oxygens (including phenoxy) is 2. The summed E-state index contributed by atoms with van der Waals surface area (Å²) in [5.41, 5.74) is 0.237. The summed E-state index contributed by atoms with van der Waals surface area (Å²) < 4.78 is 48.6. The number of hydrogen-bond donors (Lipinski definition) is 0. The molecule has 0 aromatic heterocycles. The Morgan fingerprint density at radius 2 is 1.59 bits per heavy atom. The maximum Gasteiger partial charge on any atom is 0.390 e. The standard InChI is InChI=1S/C20H22F3NO3/c1-2-24(13-12-20(21,22)23)19(25)17-10-6-7-11-18(17)27-15-14-26-16-8-4-3-5-9-16/h3-11H,2,12-15H2,1H3. The summed E-state index contributed by atoms with van der Waals surface area (Å²) in [5, 5.41) is 0. The smallest absolute Gasteiger partial charge is 0.390 e. The fourth-order valence-corrected chi connectivity index (χ4v) is 2.43. The van der Waals surface area contributed by atoms with Gasteiger partial charge in [-0.05, 0) is 31.2 Å². The summed E-state index contributed by atoms with van der Waals surface area (Å²) in [6, 6.07) is 15.7. The molecule has 27 heavy (non-hydrogen) atoms. The molecule has 146 valence electrons. The highest BCUT2D eigenvalue weighted by molar-refractivity contribution is 5.96. The first-order valence-electron chi connectivity index (χ1n) is 8.66. The molecule has 1 amide bonds. The quantitative estimate of drug-likeness (QED) is 0.598. The molecule has 2 rings (SSSR count). The highest BCUT2D eigenvalue weighted by Gasteiger charge is 2.29. The number of benzene rings is 2. The zero-order valence-electron chi connectivity index (χ0n) is 15.0. The van der Waals surface area contributed by atoms with E-state index in [2.05, 4.69) is 0 Å². The van der Waals surface area contributed by atoms with Crippen LogP contribution >= 0.6 is 0 Å². The number of para-hydroxylation sites is 2. The number of alkyl halides is 3. The fraction of sp³-hybridized carbons (Fsp3) is 0.350. The molecule has 0 radical (unpaired) electrons. The summed E-state index contributed by atoms with van der Waals surface area (Å²) in [5.74, 6) is 0.542. The predicted molar refractivity (Wildman–Crippen MR) is 96.1 cm³/mol. The Hall–Kier alpha value is -2.70. The molecule has 0 heterocycles. The van der Waals surface area contributed by atoms with Crippen LogP contribution in [0, 0.1) is 0 Å². The number of nitrogens with zero attached hydrogens (tertiary/aromatic N) is 1. The Morgan fingerprint density at radius 1 is 0.963 bits per heavy atom. The van der Waals surface area contributed by atoms with Crippen molar-refractivity contribution in [3.63, 3.8) is 0 Å². The lowest BCUT2D eigenvalue weighted by molar-refractivity contribution is -0.136. The molecule has 0 spiro atoms. The maximum atomic E-state index is 12.6. The number of amides is 1. The Kier molecular flexibility index (Phi) is 7.52. The molecule has 0 saturated heterocycles. The first-order chi connectivity index (χ1) is 12.9. The van der Waals surface area contributed by atoms with Crippen LogP contribution in [0.5, 0.6) is 11.5 Å². The molecule has 0 aliphatic carbocycles. The van der Waals surface area contributed by atoms with Gasteiger partial charge in [0.25, 0.3) is 5.91 Å². The highest BCUT2D eigenvalue weighted by atomic mass is 19.4. The maximum absolute atomic E-state index is 12.6. The zero-order valence-corrected chi connectivity index (χ0v) is 15.0. The molecule has 2 aromatic rings. The van der Waals surface area contributed by atoms with E-state index in [0.717, 1.165) is 4.90 Å². The van der Waals surface area contributed by atoms with E-state index in [1.54, 1.807) is 31.2 Å². The minimum atomic E-state index is -4.31. The Balaban J connectivity index is 1.95. The van der Waals surface area contributed by atoms with E-state index in [1.807, 2.05) is 30.3 Å². The first-order valence-corrected chi connectivity index (χ1v) is 8.66. The van der Waals surface area contributed by atoms with Crippen molar-refractivity contribution in [1.29, 1.82) is 0 Å². The van der Waals surface area contributed by atoms with Crippen LogP contribution in [0.4, 0.5) is 13.2 Å². The lowest BCUT2D eigenvalue weighted by Crippen LogP contribution is -2.34. The summed E-state index contributed by atoms with van der Waals surface area (Å²) >= 11 is 0. The molecule has 0 atom stereocenters. The van der Waals surface area contributed by atoms with Gasteiger partial charge in [-0.25, -0.2) is 0 Å². The van der Waals surface area contributed by atoms with Crippen LogP contribution < -0.4 is 9.47 Å². The van der Waals surface area contributed by atoms with Gasteiger partial charge in [-0.15, -0.1) is 0 Å². The van der Waals surface area contributed by atoms with Crippen LogP contribution in [0.3, 0.4) is 0 Å². The average molecular weight is 381 g/mol. The predicted octanol–water partition coefficient (Wildman–Crippen LogP) is 4.56. The third-order valence-electron chi connectivity index (χ3n) is 3.80. The highest BCUT2D eigenvalue weighted by Crippen LogP contribution is 2.23. The minimum Gasteiger partial charge on any atom is -0.490 e. The normalized spacial score (nSPS) is 11.1. The number of rotatable bonds is 9. The second-order valence-corrected chi connectivity index (χ2v) is 5.76. The number of hydrogen-bond acceptors (Lipinski definition) is 3. The molecule has 0 aliphatic rings. The van der Waals surface area contributed by atoms with Gasteiger partial charge in [0.2, 0.25) is 0 Å². The second-order valence-electron chi connectivity index (χ2n) is 5.76. The van der Waals surface area contributed by atoms with Crippen molar-refractivity contribution in [3.8, 4) is 11.5 Å². The van der Waals surface area contributed by atoms with Crippen LogP contribution in [0.1, 0.15) is 23.7 Å². The van der Waals surface area contributed by atoms with Crippen LogP contribution in [0.2, 0.25) is 0 Å². The molecular weight excluding hydrogens is 359 g/mol. The summed E-state index contributed by atoms with van der Waals surface area (Å²) in [7, 11) is 0. The largest absolute Gasteiger partial charge is 0.490 e. The fourth-order valence-electron chi connectivity index (χ4n) is 2.43. The zero-order chi connectivity index (χ0) is 19.7. The average Bonchev–Trinajstić information content (AvgIpc) is 2.66. The Bertz CT molecular complexity index is 720. The first kappa shape index (κ1) is 20.6. The Morgan fingerprint density at radius 3 is 2.26 bits per heavy atom. The van der Waals surface area contributed by atoms with Crippen LogP contribution in [-0.2, 0) is 0 Å². The lowest BCUT2D eigenvalue weighted by Gasteiger charge is -2.23. The molecule has 2 aromatic carbocycles. The topological polar surface area (TPSA) is 38.8 Å². The van der Waals surface area contributed by atoms with Crippen molar-refractivity contribution < 1.29 is 27.4 Å². The molecule has 0 aliphatic heterocycles. The van der Waals surface area contributed by atoms with E-state index in [1.165, 1.54) is 0 Å². The van der Waals surface area contributed by atoms with Gasteiger partial charge in [0.05, 0.1) is 12.0 Å². The van der Waals surface area contributed by atoms with Crippen molar-refractivity contribution in [1.82, 2.24) is 4.90 Å². The van der Waals surface area contributed by atoms with Gasteiger partial charge in [-0.1, -0.05) is 30.3 Å². The monoisotopic (exact) mass is 381 g/mol. The van der Waals surface area contributed by atoms with Gasteiger partial charge < -0.3 is 14.4 Å². The van der Waals surface area contributed by atoms with Crippen molar-refractivity contribution in [2.75, 3.05) is 26.3 Å².